The number of benzene rings is 3. The van der Waals surface area contributed by atoms with Crippen molar-refractivity contribution < 1.29 is 9.15 Å². The molecule has 0 radical (unpaired) electrons. The van der Waals surface area contributed by atoms with E-state index in [9.17, 15) is 4.79 Å². The fraction of sp³-hybridized carbons (Fsp3) is 0.276. The van der Waals surface area contributed by atoms with Crippen molar-refractivity contribution in [2.45, 2.75) is 38.6 Å². The van der Waals surface area contributed by atoms with Crippen LogP contribution >= 0.6 is 0 Å². The summed E-state index contributed by atoms with van der Waals surface area (Å²) >= 11 is 0. The third-order valence-corrected chi connectivity index (χ3v) is 6.49. The number of hydrogen-bond donors (Lipinski definition) is 0. The topological polar surface area (TPSA) is 42.7 Å². The lowest BCUT2D eigenvalue weighted by Crippen LogP contribution is -2.35. The van der Waals surface area contributed by atoms with Crippen LogP contribution in [0.1, 0.15) is 47.9 Å². The van der Waals surface area contributed by atoms with Crippen LogP contribution in [0.25, 0.3) is 11.0 Å². The molecule has 4 aromatic rings. The summed E-state index contributed by atoms with van der Waals surface area (Å²) < 4.78 is 11.9. The SMILES string of the molecule is CCCCc1cc(=O)oc2c3c(ccc12)OCN(CC(c1ccccc1)c1ccccc1)C3. The fourth-order valence-electron chi connectivity index (χ4n) is 4.77. The van der Waals surface area contributed by atoms with Gasteiger partial charge in [-0.25, -0.2) is 4.79 Å². The zero-order valence-electron chi connectivity index (χ0n) is 19.0. The van der Waals surface area contributed by atoms with Gasteiger partial charge in [-0.05, 0) is 41.7 Å². The van der Waals surface area contributed by atoms with Gasteiger partial charge in [0.1, 0.15) is 18.1 Å². The van der Waals surface area contributed by atoms with E-state index < -0.39 is 0 Å². The van der Waals surface area contributed by atoms with Crippen molar-refractivity contribution in [1.29, 1.82) is 0 Å². The minimum atomic E-state index is -0.287. The molecular formula is C29H29NO3. The molecule has 1 aliphatic rings. The Bertz CT molecular complexity index is 1240. The predicted octanol–water partition coefficient (Wildman–Crippen LogP) is 6.12. The molecule has 1 aromatic heterocycles. The summed E-state index contributed by atoms with van der Waals surface area (Å²) in [5, 5.41) is 1.02. The Morgan fingerprint density at radius 1 is 0.939 bits per heavy atom. The van der Waals surface area contributed by atoms with E-state index in [0.29, 0.717) is 18.9 Å². The normalized spacial score (nSPS) is 13.8. The Morgan fingerprint density at radius 2 is 1.64 bits per heavy atom. The van der Waals surface area contributed by atoms with Crippen molar-refractivity contribution in [2.24, 2.45) is 0 Å². The summed E-state index contributed by atoms with van der Waals surface area (Å²) in [6.07, 6.45) is 3.02. The van der Waals surface area contributed by atoms with Crippen LogP contribution in [-0.4, -0.2) is 18.2 Å². The van der Waals surface area contributed by atoms with Gasteiger partial charge in [-0.2, -0.15) is 0 Å². The lowest BCUT2D eigenvalue weighted by Gasteiger charge is -2.32. The highest BCUT2D eigenvalue weighted by Crippen LogP contribution is 2.35. The van der Waals surface area contributed by atoms with Crippen LogP contribution in [0.4, 0.5) is 0 Å². The Morgan fingerprint density at radius 3 is 2.30 bits per heavy atom. The molecule has 5 rings (SSSR count). The quantitative estimate of drug-likeness (QED) is 0.325. The summed E-state index contributed by atoms with van der Waals surface area (Å²) in [5.41, 5.74) is 4.97. The third-order valence-electron chi connectivity index (χ3n) is 6.49. The van der Waals surface area contributed by atoms with Gasteiger partial charge in [0.25, 0.3) is 0 Å². The highest BCUT2D eigenvalue weighted by atomic mass is 16.5. The molecule has 1 aliphatic heterocycles. The Balaban J connectivity index is 1.49. The number of hydrogen-bond acceptors (Lipinski definition) is 4. The van der Waals surface area contributed by atoms with Crippen LogP contribution in [0.2, 0.25) is 0 Å². The van der Waals surface area contributed by atoms with Gasteiger partial charge in [0.15, 0.2) is 0 Å². The maximum atomic E-state index is 12.4. The largest absolute Gasteiger partial charge is 0.478 e. The van der Waals surface area contributed by atoms with Crippen molar-refractivity contribution >= 4 is 11.0 Å². The molecule has 0 bridgehead atoms. The molecule has 0 amide bonds. The molecule has 0 fully saturated rings. The van der Waals surface area contributed by atoms with Crippen molar-refractivity contribution in [3.63, 3.8) is 0 Å². The summed E-state index contributed by atoms with van der Waals surface area (Å²) in [6, 6.07) is 26.9. The summed E-state index contributed by atoms with van der Waals surface area (Å²) in [7, 11) is 0. The summed E-state index contributed by atoms with van der Waals surface area (Å²) in [4.78, 5) is 14.7. The van der Waals surface area contributed by atoms with Gasteiger partial charge in [0, 0.05) is 30.5 Å². The van der Waals surface area contributed by atoms with E-state index >= 15 is 0 Å². The first-order chi connectivity index (χ1) is 16.2. The molecule has 0 spiro atoms. The monoisotopic (exact) mass is 439 g/mol. The maximum absolute atomic E-state index is 12.4. The summed E-state index contributed by atoms with van der Waals surface area (Å²) in [6.45, 7) is 4.16. The lowest BCUT2D eigenvalue weighted by atomic mass is 9.90. The average molecular weight is 440 g/mol. The van der Waals surface area contributed by atoms with Crippen molar-refractivity contribution in [1.82, 2.24) is 4.90 Å². The van der Waals surface area contributed by atoms with Gasteiger partial charge in [-0.1, -0.05) is 74.0 Å². The Labute approximate surface area is 194 Å². The molecule has 0 saturated heterocycles. The zero-order valence-corrected chi connectivity index (χ0v) is 19.0. The van der Waals surface area contributed by atoms with E-state index in [1.807, 2.05) is 12.1 Å². The lowest BCUT2D eigenvalue weighted by molar-refractivity contribution is 0.0925. The molecule has 0 saturated carbocycles. The zero-order chi connectivity index (χ0) is 22.6. The molecule has 0 atom stereocenters. The van der Waals surface area contributed by atoms with Gasteiger partial charge in [0.05, 0.1) is 5.56 Å². The molecule has 4 nitrogen and oxygen atoms in total. The van der Waals surface area contributed by atoms with Gasteiger partial charge in [-0.3, -0.25) is 4.90 Å². The number of rotatable bonds is 7. The second-order valence-electron chi connectivity index (χ2n) is 8.77. The van der Waals surface area contributed by atoms with Crippen LogP contribution in [0, 0.1) is 0 Å². The molecule has 4 heteroatoms. The van der Waals surface area contributed by atoms with E-state index in [2.05, 4.69) is 72.5 Å². The van der Waals surface area contributed by atoms with Gasteiger partial charge in [-0.15, -0.1) is 0 Å². The fourth-order valence-corrected chi connectivity index (χ4v) is 4.77. The van der Waals surface area contributed by atoms with Crippen LogP contribution in [0.15, 0.2) is 88.1 Å². The van der Waals surface area contributed by atoms with E-state index in [4.69, 9.17) is 9.15 Å². The Hall–Kier alpha value is -3.37. The number of fused-ring (bicyclic) bond motifs is 3. The van der Waals surface area contributed by atoms with E-state index in [-0.39, 0.29) is 11.5 Å². The van der Waals surface area contributed by atoms with E-state index in [1.54, 1.807) is 6.07 Å². The van der Waals surface area contributed by atoms with Gasteiger partial charge >= 0.3 is 5.63 Å². The first-order valence-electron chi connectivity index (χ1n) is 11.8. The maximum Gasteiger partial charge on any atom is 0.336 e. The molecule has 0 aliphatic carbocycles. The first kappa shape index (κ1) is 21.5. The van der Waals surface area contributed by atoms with Crippen LogP contribution in [0.3, 0.4) is 0 Å². The molecule has 0 N–H and O–H groups in total. The molecule has 0 unspecified atom stereocenters. The number of aryl methyl sites for hydroxylation is 1. The second kappa shape index (κ2) is 9.63. The second-order valence-corrected chi connectivity index (χ2v) is 8.77. The Kier molecular flexibility index (Phi) is 6.27. The molecule has 168 valence electrons. The minimum absolute atomic E-state index is 0.222. The van der Waals surface area contributed by atoms with Crippen LogP contribution < -0.4 is 10.4 Å². The van der Waals surface area contributed by atoms with Crippen LogP contribution in [-0.2, 0) is 13.0 Å². The van der Waals surface area contributed by atoms with Crippen molar-refractivity contribution in [3.05, 3.63) is 112 Å². The molecule has 33 heavy (non-hydrogen) atoms. The predicted molar refractivity (Wildman–Crippen MR) is 132 cm³/mol. The summed E-state index contributed by atoms with van der Waals surface area (Å²) in [5.74, 6) is 1.03. The highest BCUT2D eigenvalue weighted by Gasteiger charge is 2.25. The van der Waals surface area contributed by atoms with Gasteiger partial charge in [0.2, 0.25) is 0 Å². The first-order valence-corrected chi connectivity index (χ1v) is 11.8. The number of ether oxygens (including phenoxy) is 1. The molecule has 3 aromatic carbocycles. The highest BCUT2D eigenvalue weighted by molar-refractivity contribution is 5.85. The van der Waals surface area contributed by atoms with Crippen molar-refractivity contribution in [2.75, 3.05) is 13.3 Å². The third kappa shape index (κ3) is 4.57. The van der Waals surface area contributed by atoms with E-state index in [0.717, 1.165) is 48.1 Å². The van der Waals surface area contributed by atoms with Crippen molar-refractivity contribution in [3.8, 4) is 5.75 Å². The molecule has 2 heterocycles. The van der Waals surface area contributed by atoms with E-state index in [1.165, 1.54) is 11.1 Å². The number of unbranched alkanes of at least 4 members (excludes halogenated alkanes) is 1. The molecular weight excluding hydrogens is 410 g/mol. The van der Waals surface area contributed by atoms with Crippen LogP contribution in [0.5, 0.6) is 5.75 Å². The smallest absolute Gasteiger partial charge is 0.336 e. The average Bonchev–Trinajstić information content (AvgIpc) is 2.86. The minimum Gasteiger partial charge on any atom is -0.478 e. The van der Waals surface area contributed by atoms with Gasteiger partial charge < -0.3 is 9.15 Å². The number of nitrogens with zero attached hydrogens (tertiary/aromatic N) is 1. The standard InChI is InChI=1S/C29H29NO3/c1-2-3-10-23-17-28(31)33-29-24(23)15-16-27-26(29)19-30(20-32-27)18-25(21-11-6-4-7-12-21)22-13-8-5-9-14-22/h4-9,11-17,25H,2-3,10,18-20H2,1H3.